The second kappa shape index (κ2) is 8.63. The van der Waals surface area contributed by atoms with Crippen LogP contribution in [0.4, 0.5) is 5.69 Å². The molecule has 0 spiro atoms. The molecule has 0 saturated carbocycles. The first-order valence-corrected chi connectivity index (χ1v) is 12.7. The Morgan fingerprint density at radius 1 is 1.10 bits per heavy atom. The van der Waals surface area contributed by atoms with E-state index < -0.39 is 10.0 Å². The molecule has 1 N–H and O–H groups in total. The quantitative estimate of drug-likeness (QED) is 0.381. The van der Waals surface area contributed by atoms with Crippen molar-refractivity contribution in [3.8, 4) is 16.4 Å². The number of benzene rings is 2. The van der Waals surface area contributed by atoms with E-state index in [0.717, 1.165) is 39.5 Å². The number of aryl methyl sites for hydroxylation is 1. The molecule has 4 aromatic rings. The molecule has 2 aromatic carbocycles. The fourth-order valence-electron chi connectivity index (χ4n) is 3.10. The molecular formula is C21H18Cl2N4O2S2. The Balaban J connectivity index is 1.61. The summed E-state index contributed by atoms with van der Waals surface area (Å²) >= 11 is 13.6. The van der Waals surface area contributed by atoms with Crippen molar-refractivity contribution in [1.82, 2.24) is 14.8 Å². The van der Waals surface area contributed by atoms with Gasteiger partial charge in [0.15, 0.2) is 0 Å². The van der Waals surface area contributed by atoms with Crippen molar-refractivity contribution < 1.29 is 8.42 Å². The SMILES string of the molecule is Cc1nn(-c2nc(-c3ccc(Cl)c(Cl)c3)cs2)cc1Cc1ccccc1NS(C)(=O)=O. The zero-order valence-electron chi connectivity index (χ0n) is 16.6. The molecule has 0 bridgehead atoms. The summed E-state index contributed by atoms with van der Waals surface area (Å²) in [6.45, 7) is 1.92. The summed E-state index contributed by atoms with van der Waals surface area (Å²) in [6, 6.07) is 12.7. The Morgan fingerprint density at radius 3 is 2.61 bits per heavy atom. The normalized spacial score (nSPS) is 11.6. The molecule has 0 aliphatic carbocycles. The van der Waals surface area contributed by atoms with Gasteiger partial charge in [0.2, 0.25) is 15.2 Å². The predicted octanol–water partition coefficient (Wildman–Crippen LogP) is 5.57. The van der Waals surface area contributed by atoms with Crippen LogP contribution in [0.1, 0.15) is 16.8 Å². The number of halogens is 2. The Hall–Kier alpha value is -2.39. The summed E-state index contributed by atoms with van der Waals surface area (Å²) in [5.41, 5.74) is 4.92. The Bertz CT molecular complexity index is 1360. The van der Waals surface area contributed by atoms with Gasteiger partial charge < -0.3 is 0 Å². The van der Waals surface area contributed by atoms with E-state index in [0.29, 0.717) is 22.2 Å². The lowest BCUT2D eigenvalue weighted by Crippen LogP contribution is -2.11. The fourth-order valence-corrected chi connectivity index (χ4v) is 4.76. The van der Waals surface area contributed by atoms with Gasteiger partial charge in [-0.2, -0.15) is 5.10 Å². The molecule has 10 heteroatoms. The van der Waals surface area contributed by atoms with Gasteiger partial charge in [-0.15, -0.1) is 11.3 Å². The number of para-hydroxylation sites is 1. The molecule has 0 fully saturated rings. The van der Waals surface area contributed by atoms with Gasteiger partial charge >= 0.3 is 0 Å². The van der Waals surface area contributed by atoms with Crippen molar-refractivity contribution in [2.24, 2.45) is 0 Å². The third-order valence-electron chi connectivity index (χ3n) is 4.60. The highest BCUT2D eigenvalue weighted by atomic mass is 35.5. The third kappa shape index (κ3) is 5.10. The highest BCUT2D eigenvalue weighted by Gasteiger charge is 2.14. The monoisotopic (exact) mass is 492 g/mol. The van der Waals surface area contributed by atoms with E-state index in [1.807, 2.05) is 36.7 Å². The average molecular weight is 493 g/mol. The van der Waals surface area contributed by atoms with E-state index in [4.69, 9.17) is 23.2 Å². The molecule has 0 saturated heterocycles. The summed E-state index contributed by atoms with van der Waals surface area (Å²) in [4.78, 5) is 4.67. The van der Waals surface area contributed by atoms with Crippen molar-refractivity contribution in [2.75, 3.05) is 11.0 Å². The molecule has 0 aliphatic rings. The second-order valence-electron chi connectivity index (χ2n) is 7.04. The smallest absolute Gasteiger partial charge is 0.229 e. The summed E-state index contributed by atoms with van der Waals surface area (Å²) in [6.07, 6.45) is 3.60. The standard InChI is InChI=1S/C21H18Cl2N4O2S2/c1-13-16(9-14-5-3-4-6-19(14)26-31(2,28)29)11-27(25-13)21-24-20(12-30-21)15-7-8-17(22)18(23)10-15/h3-8,10-12,26H,9H2,1-2H3. The van der Waals surface area contributed by atoms with Crippen LogP contribution in [0, 0.1) is 6.92 Å². The van der Waals surface area contributed by atoms with Gasteiger partial charge in [-0.3, -0.25) is 4.72 Å². The van der Waals surface area contributed by atoms with Crippen LogP contribution in [0.3, 0.4) is 0 Å². The molecule has 4 rings (SSSR count). The maximum atomic E-state index is 11.7. The van der Waals surface area contributed by atoms with Crippen LogP contribution < -0.4 is 4.72 Å². The Labute approximate surface area is 194 Å². The number of sulfonamides is 1. The van der Waals surface area contributed by atoms with Crippen LogP contribution in [0.25, 0.3) is 16.4 Å². The number of aromatic nitrogens is 3. The molecule has 0 radical (unpaired) electrons. The molecule has 2 heterocycles. The van der Waals surface area contributed by atoms with E-state index in [-0.39, 0.29) is 0 Å². The molecule has 2 aromatic heterocycles. The van der Waals surface area contributed by atoms with Crippen molar-refractivity contribution in [3.05, 3.63) is 80.9 Å². The first-order chi connectivity index (χ1) is 14.7. The lowest BCUT2D eigenvalue weighted by molar-refractivity contribution is 0.606. The van der Waals surface area contributed by atoms with E-state index in [1.54, 1.807) is 28.9 Å². The van der Waals surface area contributed by atoms with Gasteiger partial charge in [-0.1, -0.05) is 47.5 Å². The Morgan fingerprint density at radius 2 is 1.87 bits per heavy atom. The van der Waals surface area contributed by atoms with Crippen LogP contribution in [0.15, 0.2) is 54.0 Å². The molecule has 0 unspecified atom stereocenters. The molecular weight excluding hydrogens is 475 g/mol. The highest BCUT2D eigenvalue weighted by molar-refractivity contribution is 7.92. The van der Waals surface area contributed by atoms with Crippen LogP contribution in [0.2, 0.25) is 10.0 Å². The highest BCUT2D eigenvalue weighted by Crippen LogP contribution is 2.30. The number of nitrogens with one attached hydrogen (secondary N) is 1. The molecule has 0 amide bonds. The number of thiazole rings is 1. The first kappa shape index (κ1) is 21.8. The summed E-state index contributed by atoms with van der Waals surface area (Å²) in [7, 11) is -3.37. The summed E-state index contributed by atoms with van der Waals surface area (Å²) in [5.74, 6) is 0. The summed E-state index contributed by atoms with van der Waals surface area (Å²) < 4.78 is 27.7. The maximum absolute atomic E-state index is 11.7. The number of hydrogen-bond acceptors (Lipinski definition) is 5. The van der Waals surface area contributed by atoms with Crippen LogP contribution >= 0.6 is 34.5 Å². The first-order valence-electron chi connectivity index (χ1n) is 9.22. The van der Waals surface area contributed by atoms with Gasteiger partial charge in [-0.05, 0) is 36.2 Å². The van der Waals surface area contributed by atoms with Crippen molar-refractivity contribution >= 4 is 50.2 Å². The summed E-state index contributed by atoms with van der Waals surface area (Å²) in [5, 5.41) is 8.24. The van der Waals surface area contributed by atoms with Gasteiger partial charge in [0.05, 0.1) is 33.4 Å². The molecule has 31 heavy (non-hydrogen) atoms. The zero-order valence-corrected chi connectivity index (χ0v) is 19.8. The van der Waals surface area contributed by atoms with Gasteiger partial charge in [0.25, 0.3) is 0 Å². The lowest BCUT2D eigenvalue weighted by atomic mass is 10.0. The Kier molecular flexibility index (Phi) is 6.07. The van der Waals surface area contributed by atoms with E-state index in [2.05, 4.69) is 14.8 Å². The zero-order chi connectivity index (χ0) is 22.2. The topological polar surface area (TPSA) is 76.9 Å². The largest absolute Gasteiger partial charge is 0.283 e. The molecule has 0 atom stereocenters. The maximum Gasteiger partial charge on any atom is 0.229 e. The number of rotatable bonds is 6. The minimum Gasteiger partial charge on any atom is -0.283 e. The van der Waals surface area contributed by atoms with Crippen molar-refractivity contribution in [3.63, 3.8) is 0 Å². The number of hydrogen-bond donors (Lipinski definition) is 1. The average Bonchev–Trinajstić information content (AvgIpc) is 3.32. The van der Waals surface area contributed by atoms with Gasteiger partial charge in [-0.25, -0.2) is 18.1 Å². The third-order valence-corrected chi connectivity index (χ3v) is 6.76. The predicted molar refractivity (Wildman–Crippen MR) is 127 cm³/mol. The fraction of sp³-hybridized carbons (Fsp3) is 0.143. The molecule has 160 valence electrons. The molecule has 0 aliphatic heterocycles. The number of nitrogens with zero attached hydrogens (tertiary/aromatic N) is 3. The lowest BCUT2D eigenvalue weighted by Gasteiger charge is -2.10. The molecule has 6 nitrogen and oxygen atoms in total. The van der Waals surface area contributed by atoms with Crippen molar-refractivity contribution in [2.45, 2.75) is 13.3 Å². The van der Waals surface area contributed by atoms with Crippen LogP contribution in [0.5, 0.6) is 0 Å². The van der Waals surface area contributed by atoms with E-state index >= 15 is 0 Å². The second-order valence-corrected chi connectivity index (χ2v) is 10.4. The van der Waals surface area contributed by atoms with Gasteiger partial charge in [0.1, 0.15) is 0 Å². The van der Waals surface area contributed by atoms with E-state index in [1.165, 1.54) is 11.3 Å². The van der Waals surface area contributed by atoms with Crippen molar-refractivity contribution in [1.29, 1.82) is 0 Å². The van der Waals surface area contributed by atoms with Crippen LogP contribution in [-0.2, 0) is 16.4 Å². The minimum atomic E-state index is -3.37. The van der Waals surface area contributed by atoms with Gasteiger partial charge in [0, 0.05) is 23.6 Å². The van der Waals surface area contributed by atoms with E-state index in [9.17, 15) is 8.42 Å². The minimum absolute atomic E-state index is 0.479. The number of anilines is 1. The van der Waals surface area contributed by atoms with Crippen LogP contribution in [-0.4, -0.2) is 29.4 Å².